The van der Waals surface area contributed by atoms with Crippen molar-refractivity contribution in [2.75, 3.05) is 34.9 Å². The number of carbonyl (C=O) groups is 1. The highest BCUT2D eigenvalue weighted by Crippen LogP contribution is 2.36. The molecule has 0 saturated carbocycles. The normalized spacial score (nSPS) is 11.6. The second-order valence-electron chi connectivity index (χ2n) is 10.7. The molecule has 3 aromatic carbocycles. The first-order chi connectivity index (χ1) is 19.4. The van der Waals surface area contributed by atoms with Gasteiger partial charge < -0.3 is 15.5 Å². The van der Waals surface area contributed by atoms with E-state index in [-0.39, 0.29) is 10.6 Å². The van der Waals surface area contributed by atoms with Crippen LogP contribution in [-0.2, 0) is 9.84 Å². The van der Waals surface area contributed by atoms with Gasteiger partial charge in [0.1, 0.15) is 5.82 Å². The Balaban J connectivity index is 1.74. The SMILES string of the molecule is CC(C)CN(CC(C)C)c1ccc(-c2ccccc2-c2nnn[nH]2)cc1NC(=O)Nc1ccc(S(C)(=O)=O)cc1F. The van der Waals surface area contributed by atoms with Crippen LogP contribution in [0.4, 0.5) is 26.2 Å². The molecule has 10 nitrogen and oxygen atoms in total. The Hall–Kier alpha value is -4.32. The number of nitrogens with one attached hydrogen (secondary N) is 3. The predicted octanol–water partition coefficient (Wildman–Crippen LogP) is 5.84. The zero-order valence-corrected chi connectivity index (χ0v) is 24.5. The van der Waals surface area contributed by atoms with Crippen molar-refractivity contribution in [3.8, 4) is 22.5 Å². The summed E-state index contributed by atoms with van der Waals surface area (Å²) in [5.41, 5.74) is 3.65. The second-order valence-corrected chi connectivity index (χ2v) is 12.7. The number of benzene rings is 3. The van der Waals surface area contributed by atoms with Gasteiger partial charge in [-0.05, 0) is 63.7 Å². The maximum Gasteiger partial charge on any atom is 0.323 e. The summed E-state index contributed by atoms with van der Waals surface area (Å²) in [6.07, 6.45) is 0.993. The largest absolute Gasteiger partial charge is 0.369 e. The minimum Gasteiger partial charge on any atom is -0.369 e. The molecule has 41 heavy (non-hydrogen) atoms. The predicted molar refractivity (Wildman–Crippen MR) is 159 cm³/mol. The zero-order chi connectivity index (χ0) is 29.7. The molecule has 1 heterocycles. The van der Waals surface area contributed by atoms with Gasteiger partial charge in [-0.15, -0.1) is 5.10 Å². The van der Waals surface area contributed by atoms with Gasteiger partial charge in [0.2, 0.25) is 0 Å². The van der Waals surface area contributed by atoms with Crippen LogP contribution >= 0.6 is 0 Å². The average molecular weight is 580 g/mol. The van der Waals surface area contributed by atoms with Crippen LogP contribution in [0.25, 0.3) is 22.5 Å². The first-order valence-electron chi connectivity index (χ1n) is 13.2. The van der Waals surface area contributed by atoms with Crippen molar-refractivity contribution < 1.29 is 17.6 Å². The van der Waals surface area contributed by atoms with Crippen LogP contribution in [0, 0.1) is 17.7 Å². The topological polar surface area (TPSA) is 133 Å². The quantitative estimate of drug-likeness (QED) is 0.215. The molecule has 0 unspecified atom stereocenters. The lowest BCUT2D eigenvalue weighted by Gasteiger charge is -2.31. The van der Waals surface area contributed by atoms with Crippen molar-refractivity contribution >= 4 is 32.9 Å². The Bertz CT molecular complexity index is 1610. The van der Waals surface area contributed by atoms with Crippen molar-refractivity contribution in [1.29, 1.82) is 0 Å². The monoisotopic (exact) mass is 579 g/mol. The Kier molecular flexibility index (Phi) is 9.01. The Labute approximate surface area is 239 Å². The number of urea groups is 1. The van der Waals surface area contributed by atoms with Crippen molar-refractivity contribution in [3.63, 3.8) is 0 Å². The highest BCUT2D eigenvalue weighted by molar-refractivity contribution is 7.90. The fourth-order valence-electron chi connectivity index (χ4n) is 4.55. The smallest absolute Gasteiger partial charge is 0.323 e. The molecule has 1 aromatic heterocycles. The van der Waals surface area contributed by atoms with E-state index in [2.05, 4.69) is 63.9 Å². The van der Waals surface area contributed by atoms with Gasteiger partial charge in [-0.2, -0.15) is 0 Å². The van der Waals surface area contributed by atoms with Crippen molar-refractivity contribution in [1.82, 2.24) is 20.6 Å². The summed E-state index contributed by atoms with van der Waals surface area (Å²) in [6.45, 7) is 10.0. The van der Waals surface area contributed by atoms with Gasteiger partial charge in [-0.3, -0.25) is 0 Å². The van der Waals surface area contributed by atoms with E-state index in [1.807, 2.05) is 42.5 Å². The fourth-order valence-corrected chi connectivity index (χ4v) is 5.18. The molecule has 0 aliphatic carbocycles. The number of rotatable bonds is 10. The van der Waals surface area contributed by atoms with E-state index in [1.54, 1.807) is 0 Å². The lowest BCUT2D eigenvalue weighted by atomic mass is 9.97. The van der Waals surface area contributed by atoms with Crippen molar-refractivity contribution in [2.45, 2.75) is 32.6 Å². The number of hydrogen-bond donors (Lipinski definition) is 3. The molecule has 0 saturated heterocycles. The summed E-state index contributed by atoms with van der Waals surface area (Å²) in [4.78, 5) is 15.2. The van der Waals surface area contributed by atoms with Gasteiger partial charge in [-0.1, -0.05) is 58.0 Å². The number of carbonyl (C=O) groups excluding carboxylic acids is 1. The van der Waals surface area contributed by atoms with Crippen LogP contribution in [0.5, 0.6) is 0 Å². The molecular weight excluding hydrogens is 545 g/mol. The van der Waals surface area contributed by atoms with Crippen LogP contribution < -0.4 is 15.5 Å². The fraction of sp³-hybridized carbons (Fsp3) is 0.310. The van der Waals surface area contributed by atoms with Gasteiger partial charge in [-0.25, -0.2) is 22.7 Å². The number of H-pyrrole nitrogens is 1. The second kappa shape index (κ2) is 12.5. The lowest BCUT2D eigenvalue weighted by Crippen LogP contribution is -2.32. The third kappa shape index (κ3) is 7.46. The number of aromatic nitrogens is 4. The number of sulfone groups is 1. The average Bonchev–Trinajstić information content (AvgIpc) is 3.43. The van der Waals surface area contributed by atoms with Crippen LogP contribution in [0.15, 0.2) is 65.6 Å². The minimum absolute atomic E-state index is 0.142. The lowest BCUT2D eigenvalue weighted by molar-refractivity contribution is 0.262. The van der Waals surface area contributed by atoms with Gasteiger partial charge in [0, 0.05) is 24.9 Å². The summed E-state index contributed by atoms with van der Waals surface area (Å²) in [6, 6.07) is 16.2. The molecule has 0 aliphatic heterocycles. The summed E-state index contributed by atoms with van der Waals surface area (Å²) in [5, 5.41) is 19.6. The van der Waals surface area contributed by atoms with Crippen LogP contribution in [0.1, 0.15) is 27.7 Å². The minimum atomic E-state index is -3.59. The van der Waals surface area contributed by atoms with Crippen LogP contribution in [0.2, 0.25) is 0 Å². The molecule has 2 amide bonds. The van der Waals surface area contributed by atoms with Crippen molar-refractivity contribution in [3.05, 3.63) is 66.5 Å². The third-order valence-corrected chi connectivity index (χ3v) is 7.32. The number of aromatic amines is 1. The number of tetrazole rings is 1. The Morgan fingerprint density at radius 1 is 0.927 bits per heavy atom. The zero-order valence-electron chi connectivity index (χ0n) is 23.6. The van der Waals surface area contributed by atoms with Crippen molar-refractivity contribution in [2.24, 2.45) is 11.8 Å². The molecule has 0 spiro atoms. The van der Waals surface area contributed by atoms with E-state index < -0.39 is 21.7 Å². The summed E-state index contributed by atoms with van der Waals surface area (Å²) in [7, 11) is -3.59. The molecule has 0 fully saturated rings. The highest BCUT2D eigenvalue weighted by atomic mass is 32.2. The van der Waals surface area contributed by atoms with E-state index >= 15 is 0 Å². The molecule has 0 aliphatic rings. The number of anilines is 3. The first kappa shape index (κ1) is 29.7. The Morgan fingerprint density at radius 3 is 2.17 bits per heavy atom. The molecule has 216 valence electrons. The van der Waals surface area contributed by atoms with E-state index in [0.29, 0.717) is 23.3 Å². The first-order valence-corrected chi connectivity index (χ1v) is 15.1. The summed E-state index contributed by atoms with van der Waals surface area (Å²) >= 11 is 0. The van der Waals surface area contributed by atoms with E-state index in [9.17, 15) is 17.6 Å². The maximum atomic E-state index is 14.7. The van der Waals surface area contributed by atoms with Gasteiger partial charge >= 0.3 is 6.03 Å². The van der Waals surface area contributed by atoms with Gasteiger partial charge in [0.05, 0.1) is 22.0 Å². The maximum absolute atomic E-state index is 14.7. The summed E-state index contributed by atoms with van der Waals surface area (Å²) < 4.78 is 38.3. The molecule has 12 heteroatoms. The van der Waals surface area contributed by atoms with Crippen LogP contribution in [-0.4, -0.2) is 54.4 Å². The van der Waals surface area contributed by atoms with Crippen LogP contribution in [0.3, 0.4) is 0 Å². The highest BCUT2D eigenvalue weighted by Gasteiger charge is 2.20. The molecule has 3 N–H and O–H groups in total. The number of nitrogens with zero attached hydrogens (tertiary/aromatic N) is 4. The molecule has 0 bridgehead atoms. The van der Waals surface area contributed by atoms with Gasteiger partial charge in [0.25, 0.3) is 0 Å². The third-order valence-electron chi connectivity index (χ3n) is 6.21. The molecule has 4 rings (SSSR count). The van der Waals surface area contributed by atoms with E-state index in [1.165, 1.54) is 12.1 Å². The Morgan fingerprint density at radius 2 is 1.59 bits per heavy atom. The molecule has 4 aromatic rings. The number of amides is 2. The molecule has 0 radical (unpaired) electrons. The molecular formula is C29H34FN7O3S. The summed E-state index contributed by atoms with van der Waals surface area (Å²) in [5.74, 6) is 0.369. The standard InChI is InChI=1S/C29H34FN7O3S/c1-18(2)16-37(17-19(3)4)27-13-10-20(22-8-6-7-9-23(22)28-33-35-36-34-28)14-26(27)32-29(38)31-25-12-11-21(15-24(25)30)41(5,39)40/h6-15,18-19H,16-17H2,1-5H3,(H2,31,32,38)(H,33,34,35,36). The van der Waals surface area contributed by atoms with E-state index in [0.717, 1.165) is 47.8 Å². The van der Waals surface area contributed by atoms with Gasteiger partial charge in [0.15, 0.2) is 15.7 Å². The molecule has 0 atom stereocenters. The van der Waals surface area contributed by atoms with E-state index in [4.69, 9.17) is 0 Å². The number of hydrogen-bond acceptors (Lipinski definition) is 7. The number of halogens is 1.